The Bertz CT molecular complexity index is 1180. The number of hydrogen-bond donors (Lipinski definition) is 1. The average Bonchev–Trinajstić information content (AvgIpc) is 2.92. The van der Waals surface area contributed by atoms with Gasteiger partial charge in [-0.05, 0) is 22.0 Å². The molecule has 2 aromatic rings. The van der Waals surface area contributed by atoms with Gasteiger partial charge in [-0.1, -0.05) is 0 Å². The third-order valence-electron chi connectivity index (χ3n) is 5.24. The van der Waals surface area contributed by atoms with E-state index in [0.717, 1.165) is 18.5 Å². The van der Waals surface area contributed by atoms with Crippen LogP contribution in [0, 0.1) is 25.6 Å². The Morgan fingerprint density at radius 3 is 2.31 bits per heavy atom. The van der Waals surface area contributed by atoms with Crippen LogP contribution in [0.3, 0.4) is 0 Å². The SMILES string of the molecule is COCCOCCN(CCOC)c1cc(COC=N)c(/N=N/c2c(Br)cc([N+](=O)[O-])cc2[N+](=O)[O-])cc1OC. The average molecular weight is 613 g/mol. The van der Waals surface area contributed by atoms with Crippen LogP contribution >= 0.6 is 15.9 Å². The predicted octanol–water partition coefficient (Wildman–Crippen LogP) is 4.93. The summed E-state index contributed by atoms with van der Waals surface area (Å²) in [4.78, 5) is 23.2. The Morgan fingerprint density at radius 2 is 1.69 bits per heavy atom. The smallest absolute Gasteiger partial charge is 0.304 e. The molecular formula is C23H29BrN6O9. The molecule has 16 heteroatoms. The van der Waals surface area contributed by atoms with Crippen LogP contribution < -0.4 is 9.64 Å². The van der Waals surface area contributed by atoms with Crippen molar-refractivity contribution in [2.24, 2.45) is 10.2 Å². The van der Waals surface area contributed by atoms with Gasteiger partial charge in [0.1, 0.15) is 12.4 Å². The summed E-state index contributed by atoms with van der Waals surface area (Å²) in [5, 5.41) is 38.2. The van der Waals surface area contributed by atoms with E-state index in [-0.39, 0.29) is 22.5 Å². The lowest BCUT2D eigenvalue weighted by Crippen LogP contribution is -2.31. The molecule has 0 radical (unpaired) electrons. The summed E-state index contributed by atoms with van der Waals surface area (Å²) in [6.45, 7) is 2.68. The van der Waals surface area contributed by atoms with E-state index in [1.165, 1.54) is 7.11 Å². The molecule has 0 aliphatic rings. The maximum atomic E-state index is 11.6. The molecule has 2 rings (SSSR count). The molecule has 0 bridgehead atoms. The topological polar surface area (TPSA) is 184 Å². The lowest BCUT2D eigenvalue weighted by atomic mass is 10.1. The Hall–Kier alpha value is -3.73. The molecule has 0 atom stereocenters. The molecule has 39 heavy (non-hydrogen) atoms. The summed E-state index contributed by atoms with van der Waals surface area (Å²) in [7, 11) is 4.66. The van der Waals surface area contributed by atoms with Gasteiger partial charge in [0, 0.05) is 45.0 Å². The molecule has 0 aromatic heterocycles. The van der Waals surface area contributed by atoms with Crippen LogP contribution in [0.5, 0.6) is 5.75 Å². The zero-order valence-corrected chi connectivity index (χ0v) is 23.2. The highest BCUT2D eigenvalue weighted by atomic mass is 79.9. The van der Waals surface area contributed by atoms with Crippen LogP contribution in [0.2, 0.25) is 0 Å². The third kappa shape index (κ3) is 9.20. The number of nitro groups is 2. The second-order valence-electron chi connectivity index (χ2n) is 7.68. The lowest BCUT2D eigenvalue weighted by Gasteiger charge is -2.27. The molecule has 0 fully saturated rings. The second kappa shape index (κ2) is 16.3. The number of hydrogen-bond acceptors (Lipinski definition) is 13. The first-order chi connectivity index (χ1) is 18.8. The van der Waals surface area contributed by atoms with Gasteiger partial charge in [-0.2, -0.15) is 0 Å². The van der Waals surface area contributed by atoms with E-state index in [9.17, 15) is 20.2 Å². The van der Waals surface area contributed by atoms with E-state index in [1.807, 2.05) is 4.90 Å². The maximum absolute atomic E-state index is 11.6. The summed E-state index contributed by atoms with van der Waals surface area (Å²) < 4.78 is 26.7. The van der Waals surface area contributed by atoms with Crippen LogP contribution in [0.4, 0.5) is 28.4 Å². The van der Waals surface area contributed by atoms with Crippen molar-refractivity contribution in [3.8, 4) is 5.75 Å². The second-order valence-corrected chi connectivity index (χ2v) is 8.53. The van der Waals surface area contributed by atoms with Crippen LogP contribution in [0.15, 0.2) is 39.0 Å². The Kier molecular flexibility index (Phi) is 13.1. The van der Waals surface area contributed by atoms with Crippen LogP contribution in [-0.2, 0) is 25.6 Å². The van der Waals surface area contributed by atoms with Gasteiger partial charge >= 0.3 is 5.69 Å². The van der Waals surface area contributed by atoms with Crippen molar-refractivity contribution < 1.29 is 33.5 Å². The molecule has 0 aliphatic carbocycles. The van der Waals surface area contributed by atoms with Gasteiger partial charge in [-0.25, -0.2) is 0 Å². The van der Waals surface area contributed by atoms with Crippen LogP contribution in [0.25, 0.3) is 0 Å². The first kappa shape index (κ1) is 31.5. The van der Waals surface area contributed by atoms with Crippen molar-refractivity contribution >= 4 is 50.8 Å². The van der Waals surface area contributed by atoms with Crippen molar-refractivity contribution in [1.29, 1.82) is 5.41 Å². The number of benzene rings is 2. The van der Waals surface area contributed by atoms with Gasteiger partial charge in [0.05, 0.1) is 65.3 Å². The zero-order valence-electron chi connectivity index (χ0n) is 21.6. The van der Waals surface area contributed by atoms with E-state index < -0.39 is 21.2 Å². The van der Waals surface area contributed by atoms with Crippen molar-refractivity contribution in [1.82, 2.24) is 0 Å². The fourth-order valence-corrected chi connectivity index (χ4v) is 3.86. The minimum Gasteiger partial charge on any atom is -0.495 e. The molecule has 0 unspecified atom stereocenters. The van der Waals surface area contributed by atoms with Crippen molar-refractivity contribution in [3.05, 3.63) is 54.5 Å². The number of nitrogens with zero attached hydrogens (tertiary/aromatic N) is 5. The molecule has 1 N–H and O–H groups in total. The molecule has 0 saturated heterocycles. The number of methoxy groups -OCH3 is 3. The zero-order chi connectivity index (χ0) is 28.8. The summed E-state index contributed by atoms with van der Waals surface area (Å²) in [6, 6.07) is 5.25. The number of anilines is 1. The fraction of sp³-hybridized carbons (Fsp3) is 0.435. The number of nitro benzene ring substituents is 2. The number of rotatable bonds is 18. The Labute approximate surface area is 232 Å². The highest BCUT2D eigenvalue weighted by Crippen LogP contribution is 2.41. The summed E-state index contributed by atoms with van der Waals surface area (Å²) >= 11 is 3.11. The molecule has 0 heterocycles. The highest BCUT2D eigenvalue weighted by Gasteiger charge is 2.24. The molecule has 0 saturated carbocycles. The van der Waals surface area contributed by atoms with E-state index in [1.54, 1.807) is 26.4 Å². The maximum Gasteiger partial charge on any atom is 0.304 e. The van der Waals surface area contributed by atoms with Gasteiger partial charge in [-0.3, -0.25) is 25.6 Å². The van der Waals surface area contributed by atoms with Gasteiger partial charge in [0.25, 0.3) is 5.69 Å². The summed E-state index contributed by atoms with van der Waals surface area (Å²) in [5.74, 6) is 0.424. The van der Waals surface area contributed by atoms with Gasteiger partial charge < -0.3 is 28.6 Å². The van der Waals surface area contributed by atoms with Gasteiger partial charge in [-0.15, -0.1) is 10.2 Å². The predicted molar refractivity (Wildman–Crippen MR) is 145 cm³/mol. The highest BCUT2D eigenvalue weighted by molar-refractivity contribution is 9.10. The molecule has 0 spiro atoms. The number of non-ortho nitro benzene ring substituents is 1. The third-order valence-corrected chi connectivity index (χ3v) is 5.84. The summed E-state index contributed by atoms with van der Waals surface area (Å²) in [5.41, 5.74) is 0.153. The van der Waals surface area contributed by atoms with Gasteiger partial charge in [0.15, 0.2) is 12.1 Å². The number of azo groups is 1. The van der Waals surface area contributed by atoms with Crippen LogP contribution in [0.1, 0.15) is 5.56 Å². The molecular weight excluding hydrogens is 584 g/mol. The number of ether oxygens (including phenoxy) is 5. The number of halogens is 1. The molecule has 0 aliphatic heterocycles. The molecule has 212 valence electrons. The van der Waals surface area contributed by atoms with E-state index in [2.05, 4.69) is 26.2 Å². The normalized spacial score (nSPS) is 11.0. The van der Waals surface area contributed by atoms with Crippen molar-refractivity contribution in [2.45, 2.75) is 6.61 Å². The molecule has 0 amide bonds. The minimum absolute atomic E-state index is 0.0206. The first-order valence-electron chi connectivity index (χ1n) is 11.4. The van der Waals surface area contributed by atoms with E-state index in [4.69, 9.17) is 29.1 Å². The van der Waals surface area contributed by atoms with E-state index >= 15 is 0 Å². The quantitative estimate of drug-likeness (QED) is 0.0604. The fourth-order valence-electron chi connectivity index (χ4n) is 3.34. The first-order valence-corrected chi connectivity index (χ1v) is 12.2. The Morgan fingerprint density at radius 1 is 0.974 bits per heavy atom. The molecule has 2 aromatic carbocycles. The lowest BCUT2D eigenvalue weighted by molar-refractivity contribution is -0.393. The number of nitrogens with one attached hydrogen (secondary N) is 1. The largest absolute Gasteiger partial charge is 0.495 e. The van der Waals surface area contributed by atoms with E-state index in [0.29, 0.717) is 56.5 Å². The van der Waals surface area contributed by atoms with Crippen LogP contribution in [-0.4, -0.2) is 77.1 Å². The standard InChI is InChI=1S/C23H29BrN6O9/c1-35-6-4-28(5-7-38-9-8-36-2)20-10-16(14-39-15-25)19(13-22(20)37-3)26-27-23-18(24)11-17(29(31)32)12-21(23)30(33)34/h10-13,15,25H,4-9,14H2,1-3H3/b25-15?,27-26+. The monoisotopic (exact) mass is 612 g/mol. The van der Waals surface area contributed by atoms with Gasteiger partial charge in [0.2, 0.25) is 0 Å². The molecule has 15 nitrogen and oxygen atoms in total. The Balaban J connectivity index is 2.53. The summed E-state index contributed by atoms with van der Waals surface area (Å²) in [6.07, 6.45) is 0.773. The van der Waals surface area contributed by atoms with Crippen molar-refractivity contribution in [3.63, 3.8) is 0 Å². The minimum atomic E-state index is -0.781. The van der Waals surface area contributed by atoms with Crippen molar-refractivity contribution in [2.75, 3.05) is 65.7 Å².